The average molecular weight is 217 g/mol. The smallest absolute Gasteiger partial charge is 0.0668 e. The highest BCUT2D eigenvalue weighted by molar-refractivity contribution is 7.10. The quantitative estimate of drug-likeness (QED) is 0.831. The van der Waals surface area contributed by atoms with E-state index in [-0.39, 0.29) is 0 Å². The summed E-state index contributed by atoms with van der Waals surface area (Å²) in [6, 6.07) is 13.3. The van der Waals surface area contributed by atoms with Gasteiger partial charge in [0.05, 0.1) is 6.04 Å². The maximum atomic E-state index is 3.36. The lowest BCUT2D eigenvalue weighted by atomic mass is 10.0. The van der Waals surface area contributed by atoms with Gasteiger partial charge in [-0.3, -0.25) is 0 Å². The Morgan fingerprint density at radius 3 is 2.67 bits per heavy atom. The van der Waals surface area contributed by atoms with Crippen LogP contribution in [0.2, 0.25) is 0 Å². The van der Waals surface area contributed by atoms with E-state index in [1.54, 1.807) is 11.3 Å². The highest BCUT2D eigenvalue weighted by atomic mass is 32.1. The lowest BCUT2D eigenvalue weighted by Gasteiger charge is -2.15. The number of benzene rings is 1. The molecular formula is C13H15NS. The van der Waals surface area contributed by atoms with Crippen molar-refractivity contribution in [1.29, 1.82) is 0 Å². The maximum Gasteiger partial charge on any atom is 0.0668 e. The molecule has 1 atom stereocenters. The van der Waals surface area contributed by atoms with Crippen LogP contribution in [-0.2, 0) is 0 Å². The molecule has 1 aromatic carbocycles. The first-order chi connectivity index (χ1) is 7.31. The molecule has 0 fully saturated rings. The van der Waals surface area contributed by atoms with E-state index in [0.717, 1.165) is 0 Å². The second-order valence-corrected chi connectivity index (χ2v) is 4.63. The Labute approximate surface area is 94.8 Å². The highest BCUT2D eigenvalue weighted by Crippen LogP contribution is 2.25. The van der Waals surface area contributed by atoms with Crippen molar-refractivity contribution >= 4 is 11.3 Å². The van der Waals surface area contributed by atoms with Crippen LogP contribution in [0.1, 0.15) is 22.0 Å². The fourth-order valence-electron chi connectivity index (χ4n) is 1.78. The van der Waals surface area contributed by atoms with Crippen LogP contribution in [0.25, 0.3) is 0 Å². The zero-order chi connectivity index (χ0) is 10.7. The highest BCUT2D eigenvalue weighted by Gasteiger charge is 2.12. The number of nitrogens with one attached hydrogen (secondary N) is 1. The largest absolute Gasteiger partial charge is 0.309 e. The molecule has 0 aliphatic heterocycles. The van der Waals surface area contributed by atoms with Crippen LogP contribution in [0.15, 0.2) is 41.8 Å². The molecule has 0 saturated carbocycles. The lowest BCUT2D eigenvalue weighted by Crippen LogP contribution is -2.16. The van der Waals surface area contributed by atoms with Crippen molar-refractivity contribution in [3.63, 3.8) is 0 Å². The fraction of sp³-hybridized carbons (Fsp3) is 0.231. The third-order valence-electron chi connectivity index (χ3n) is 2.49. The molecule has 0 bridgehead atoms. The first-order valence-electron chi connectivity index (χ1n) is 5.08. The summed E-state index contributed by atoms with van der Waals surface area (Å²) in [5, 5.41) is 5.48. The number of hydrogen-bond donors (Lipinski definition) is 1. The van der Waals surface area contributed by atoms with Gasteiger partial charge in [0, 0.05) is 4.88 Å². The van der Waals surface area contributed by atoms with Gasteiger partial charge in [0.1, 0.15) is 0 Å². The Morgan fingerprint density at radius 1 is 1.20 bits per heavy atom. The molecule has 1 heterocycles. The van der Waals surface area contributed by atoms with Crippen LogP contribution in [-0.4, -0.2) is 7.05 Å². The van der Waals surface area contributed by atoms with Crippen molar-refractivity contribution < 1.29 is 0 Å². The van der Waals surface area contributed by atoms with E-state index in [1.165, 1.54) is 16.0 Å². The second-order valence-electron chi connectivity index (χ2n) is 3.65. The van der Waals surface area contributed by atoms with E-state index in [1.807, 2.05) is 7.05 Å². The second kappa shape index (κ2) is 4.60. The SMILES string of the molecule is CNC(c1cccc(C)c1)c1cccs1. The van der Waals surface area contributed by atoms with E-state index in [2.05, 4.69) is 54.0 Å². The van der Waals surface area contributed by atoms with Crippen LogP contribution < -0.4 is 5.32 Å². The first kappa shape index (κ1) is 10.4. The fourth-order valence-corrected chi connectivity index (χ4v) is 2.64. The van der Waals surface area contributed by atoms with E-state index in [0.29, 0.717) is 6.04 Å². The summed E-state index contributed by atoms with van der Waals surface area (Å²) in [6.45, 7) is 2.13. The summed E-state index contributed by atoms with van der Waals surface area (Å²) in [6.07, 6.45) is 0. The number of hydrogen-bond acceptors (Lipinski definition) is 2. The minimum Gasteiger partial charge on any atom is -0.309 e. The molecule has 1 N–H and O–H groups in total. The van der Waals surface area contributed by atoms with Gasteiger partial charge < -0.3 is 5.32 Å². The zero-order valence-electron chi connectivity index (χ0n) is 9.03. The van der Waals surface area contributed by atoms with E-state index >= 15 is 0 Å². The Kier molecular flexibility index (Phi) is 3.19. The van der Waals surface area contributed by atoms with Gasteiger partial charge in [0.2, 0.25) is 0 Å². The molecule has 1 aromatic heterocycles. The predicted molar refractivity (Wildman–Crippen MR) is 66.4 cm³/mol. The van der Waals surface area contributed by atoms with Crippen LogP contribution in [0.5, 0.6) is 0 Å². The van der Waals surface area contributed by atoms with Crippen molar-refractivity contribution in [2.45, 2.75) is 13.0 Å². The maximum absolute atomic E-state index is 3.36. The summed E-state index contributed by atoms with van der Waals surface area (Å²) in [7, 11) is 2.01. The van der Waals surface area contributed by atoms with Crippen LogP contribution >= 0.6 is 11.3 Å². The minimum absolute atomic E-state index is 0.324. The van der Waals surface area contributed by atoms with Gasteiger partial charge >= 0.3 is 0 Å². The number of thiophene rings is 1. The molecule has 78 valence electrons. The third kappa shape index (κ3) is 2.28. The van der Waals surface area contributed by atoms with Crippen LogP contribution in [0, 0.1) is 6.92 Å². The summed E-state index contributed by atoms with van der Waals surface area (Å²) in [5.74, 6) is 0. The Bertz CT molecular complexity index is 420. The zero-order valence-corrected chi connectivity index (χ0v) is 9.84. The molecule has 0 saturated heterocycles. The molecule has 0 spiro atoms. The molecule has 0 radical (unpaired) electrons. The normalized spacial score (nSPS) is 12.7. The molecule has 2 rings (SSSR count). The summed E-state index contributed by atoms with van der Waals surface area (Å²) in [4.78, 5) is 1.36. The van der Waals surface area contributed by atoms with Gasteiger partial charge in [-0.05, 0) is 31.0 Å². The van der Waals surface area contributed by atoms with E-state index < -0.39 is 0 Å². The Balaban J connectivity index is 2.35. The molecule has 1 unspecified atom stereocenters. The predicted octanol–water partition coefficient (Wildman–Crippen LogP) is 3.37. The van der Waals surface area contributed by atoms with Gasteiger partial charge in [-0.25, -0.2) is 0 Å². The molecule has 0 amide bonds. The number of aryl methyl sites for hydroxylation is 1. The molecule has 1 nitrogen and oxygen atoms in total. The third-order valence-corrected chi connectivity index (χ3v) is 3.43. The van der Waals surface area contributed by atoms with Gasteiger partial charge in [0.25, 0.3) is 0 Å². The van der Waals surface area contributed by atoms with Crippen LogP contribution in [0.3, 0.4) is 0 Å². The lowest BCUT2D eigenvalue weighted by molar-refractivity contribution is 0.703. The minimum atomic E-state index is 0.324. The van der Waals surface area contributed by atoms with Crippen molar-refractivity contribution in [1.82, 2.24) is 5.32 Å². The molecular weight excluding hydrogens is 202 g/mol. The monoisotopic (exact) mass is 217 g/mol. The van der Waals surface area contributed by atoms with Crippen molar-refractivity contribution in [2.75, 3.05) is 7.05 Å². The molecule has 0 aliphatic carbocycles. The molecule has 15 heavy (non-hydrogen) atoms. The van der Waals surface area contributed by atoms with Gasteiger partial charge in [0.15, 0.2) is 0 Å². The topological polar surface area (TPSA) is 12.0 Å². The molecule has 2 heteroatoms. The van der Waals surface area contributed by atoms with Gasteiger partial charge in [-0.1, -0.05) is 35.9 Å². The van der Waals surface area contributed by atoms with E-state index in [9.17, 15) is 0 Å². The molecule has 2 aromatic rings. The van der Waals surface area contributed by atoms with E-state index in [4.69, 9.17) is 0 Å². The standard InChI is InChI=1S/C13H15NS/c1-10-5-3-6-11(9-10)13(14-2)12-7-4-8-15-12/h3-9,13-14H,1-2H3. The van der Waals surface area contributed by atoms with Crippen molar-refractivity contribution in [3.8, 4) is 0 Å². The first-order valence-corrected chi connectivity index (χ1v) is 5.96. The summed E-state index contributed by atoms with van der Waals surface area (Å²) >= 11 is 1.79. The Morgan fingerprint density at radius 2 is 2.07 bits per heavy atom. The number of rotatable bonds is 3. The van der Waals surface area contributed by atoms with Crippen molar-refractivity contribution in [2.24, 2.45) is 0 Å². The summed E-state index contributed by atoms with van der Waals surface area (Å²) < 4.78 is 0. The molecule has 0 aliphatic rings. The van der Waals surface area contributed by atoms with Crippen LogP contribution in [0.4, 0.5) is 0 Å². The van der Waals surface area contributed by atoms with Gasteiger partial charge in [-0.2, -0.15) is 0 Å². The summed E-state index contributed by atoms with van der Waals surface area (Å²) in [5.41, 5.74) is 2.64. The Hall–Kier alpha value is -1.12. The van der Waals surface area contributed by atoms with Crippen molar-refractivity contribution in [3.05, 3.63) is 57.8 Å². The average Bonchev–Trinajstić information content (AvgIpc) is 2.72. The van der Waals surface area contributed by atoms with Gasteiger partial charge in [-0.15, -0.1) is 11.3 Å².